The third-order valence-electron chi connectivity index (χ3n) is 3.87. The van der Waals surface area contributed by atoms with Gasteiger partial charge in [0.15, 0.2) is 0 Å². The average molecular weight is 341 g/mol. The van der Waals surface area contributed by atoms with Gasteiger partial charge in [-0.2, -0.15) is 0 Å². The van der Waals surface area contributed by atoms with Crippen molar-refractivity contribution in [3.63, 3.8) is 0 Å². The van der Waals surface area contributed by atoms with Gasteiger partial charge in [-0.25, -0.2) is 4.39 Å². The smallest absolute Gasteiger partial charge is 0.250 e. The van der Waals surface area contributed by atoms with Crippen LogP contribution < -0.4 is 4.90 Å². The highest BCUT2D eigenvalue weighted by Gasteiger charge is 2.41. The van der Waals surface area contributed by atoms with Crippen LogP contribution in [0.2, 0.25) is 0 Å². The lowest BCUT2D eigenvalue weighted by Gasteiger charge is -2.42. The zero-order valence-corrected chi connectivity index (χ0v) is 12.4. The SMILES string of the molecule is O=C1C2CCCCN2C(=O)CN1c1cc(F)ccc1Br. The minimum Gasteiger partial charge on any atom is -0.329 e. The molecule has 2 aliphatic rings. The van der Waals surface area contributed by atoms with E-state index in [-0.39, 0.29) is 24.4 Å². The fraction of sp³-hybridized carbons (Fsp3) is 0.429. The summed E-state index contributed by atoms with van der Waals surface area (Å²) in [7, 11) is 0. The third kappa shape index (κ3) is 2.22. The highest BCUT2D eigenvalue weighted by Crippen LogP contribution is 2.32. The van der Waals surface area contributed by atoms with Gasteiger partial charge < -0.3 is 4.90 Å². The van der Waals surface area contributed by atoms with Crippen LogP contribution in [-0.4, -0.2) is 35.8 Å². The van der Waals surface area contributed by atoms with E-state index in [4.69, 9.17) is 0 Å². The number of hydrogen-bond acceptors (Lipinski definition) is 2. The maximum atomic E-state index is 13.4. The zero-order chi connectivity index (χ0) is 14.3. The Morgan fingerprint density at radius 3 is 2.85 bits per heavy atom. The van der Waals surface area contributed by atoms with Gasteiger partial charge in [0.1, 0.15) is 18.4 Å². The molecule has 0 N–H and O–H groups in total. The molecular formula is C14H14BrFN2O2. The summed E-state index contributed by atoms with van der Waals surface area (Å²) in [5, 5.41) is 0. The molecule has 6 heteroatoms. The maximum absolute atomic E-state index is 13.4. The third-order valence-corrected chi connectivity index (χ3v) is 4.54. The molecule has 2 amide bonds. The number of nitrogens with zero attached hydrogens (tertiary/aromatic N) is 2. The molecule has 0 saturated carbocycles. The van der Waals surface area contributed by atoms with Gasteiger partial charge in [-0.1, -0.05) is 0 Å². The highest BCUT2D eigenvalue weighted by molar-refractivity contribution is 9.10. The molecule has 2 aliphatic heterocycles. The van der Waals surface area contributed by atoms with Gasteiger partial charge >= 0.3 is 0 Å². The molecule has 0 aliphatic carbocycles. The fourth-order valence-electron chi connectivity index (χ4n) is 2.87. The van der Waals surface area contributed by atoms with Crippen molar-refractivity contribution in [1.82, 2.24) is 4.90 Å². The number of halogens is 2. The Morgan fingerprint density at radius 1 is 1.25 bits per heavy atom. The predicted octanol–water partition coefficient (Wildman–Crippen LogP) is 2.32. The number of benzene rings is 1. The summed E-state index contributed by atoms with van der Waals surface area (Å²) in [6.45, 7) is 0.630. The lowest BCUT2D eigenvalue weighted by Crippen LogP contribution is -2.61. The summed E-state index contributed by atoms with van der Waals surface area (Å²) >= 11 is 3.32. The number of carbonyl (C=O) groups is 2. The first kappa shape index (κ1) is 13.5. The largest absolute Gasteiger partial charge is 0.329 e. The second-order valence-electron chi connectivity index (χ2n) is 5.12. The van der Waals surface area contributed by atoms with Gasteiger partial charge in [0, 0.05) is 11.0 Å². The number of hydrogen-bond donors (Lipinski definition) is 0. The Bertz CT molecular complexity index is 578. The zero-order valence-electron chi connectivity index (χ0n) is 10.8. The molecule has 4 nitrogen and oxygen atoms in total. The Labute approximate surface area is 124 Å². The van der Waals surface area contributed by atoms with E-state index < -0.39 is 5.82 Å². The van der Waals surface area contributed by atoms with Gasteiger partial charge in [0.25, 0.3) is 0 Å². The van der Waals surface area contributed by atoms with Crippen molar-refractivity contribution in [1.29, 1.82) is 0 Å². The molecular weight excluding hydrogens is 327 g/mol. The molecule has 1 atom stereocenters. The predicted molar refractivity (Wildman–Crippen MR) is 75.8 cm³/mol. The lowest BCUT2D eigenvalue weighted by molar-refractivity contribution is -0.144. The Morgan fingerprint density at radius 2 is 2.05 bits per heavy atom. The van der Waals surface area contributed by atoms with Gasteiger partial charge in [-0.3, -0.25) is 14.5 Å². The number of anilines is 1. The summed E-state index contributed by atoms with van der Waals surface area (Å²) in [5.41, 5.74) is 0.425. The van der Waals surface area contributed by atoms with Crippen LogP contribution >= 0.6 is 15.9 Å². The van der Waals surface area contributed by atoms with E-state index in [1.165, 1.54) is 17.0 Å². The van der Waals surface area contributed by atoms with Crippen LogP contribution in [0.15, 0.2) is 22.7 Å². The lowest BCUT2D eigenvalue weighted by atomic mass is 9.98. The van der Waals surface area contributed by atoms with Crippen molar-refractivity contribution in [2.24, 2.45) is 0 Å². The van der Waals surface area contributed by atoms with Crippen LogP contribution in [0.4, 0.5) is 10.1 Å². The second-order valence-corrected chi connectivity index (χ2v) is 5.97. The van der Waals surface area contributed by atoms with Crippen LogP contribution in [0, 0.1) is 5.82 Å². The molecule has 0 spiro atoms. The summed E-state index contributed by atoms with van der Waals surface area (Å²) in [5.74, 6) is -0.601. The van der Waals surface area contributed by atoms with E-state index in [2.05, 4.69) is 15.9 Å². The van der Waals surface area contributed by atoms with Crippen molar-refractivity contribution in [2.75, 3.05) is 18.0 Å². The molecule has 2 saturated heterocycles. The Kier molecular flexibility index (Phi) is 3.50. The second kappa shape index (κ2) is 5.16. The number of amides is 2. The minimum absolute atomic E-state index is 0.0165. The maximum Gasteiger partial charge on any atom is 0.250 e. The van der Waals surface area contributed by atoms with Gasteiger partial charge in [0.05, 0.1) is 5.69 Å². The number of piperazine rings is 1. The molecule has 1 aromatic rings. The summed E-state index contributed by atoms with van der Waals surface area (Å²) in [4.78, 5) is 27.8. The molecule has 1 aromatic carbocycles. The molecule has 20 heavy (non-hydrogen) atoms. The first-order valence-corrected chi connectivity index (χ1v) is 7.43. The van der Waals surface area contributed by atoms with Crippen LogP contribution in [0.5, 0.6) is 0 Å². The van der Waals surface area contributed by atoms with Crippen LogP contribution in [0.3, 0.4) is 0 Å². The molecule has 0 bridgehead atoms. The molecule has 0 radical (unpaired) electrons. The number of carbonyl (C=O) groups excluding carboxylic acids is 2. The fourth-order valence-corrected chi connectivity index (χ4v) is 3.33. The first-order chi connectivity index (χ1) is 9.58. The monoisotopic (exact) mass is 340 g/mol. The van der Waals surface area contributed by atoms with E-state index in [1.54, 1.807) is 11.0 Å². The normalized spacial score (nSPS) is 23.0. The van der Waals surface area contributed by atoms with Gasteiger partial charge in [-0.15, -0.1) is 0 Å². The summed E-state index contributed by atoms with van der Waals surface area (Å²) in [6.07, 6.45) is 2.57. The van der Waals surface area contributed by atoms with Crippen LogP contribution in [0.1, 0.15) is 19.3 Å². The van der Waals surface area contributed by atoms with Crippen LogP contribution in [-0.2, 0) is 9.59 Å². The van der Waals surface area contributed by atoms with E-state index in [0.717, 1.165) is 12.8 Å². The van der Waals surface area contributed by atoms with Gasteiger partial charge in [-0.05, 0) is 53.4 Å². The minimum atomic E-state index is -0.422. The molecule has 0 aromatic heterocycles. The molecule has 106 valence electrons. The first-order valence-electron chi connectivity index (χ1n) is 6.64. The van der Waals surface area contributed by atoms with Crippen molar-refractivity contribution < 1.29 is 14.0 Å². The van der Waals surface area contributed by atoms with E-state index in [1.807, 2.05) is 0 Å². The number of fused-ring (bicyclic) bond motifs is 1. The van der Waals surface area contributed by atoms with E-state index >= 15 is 0 Å². The van der Waals surface area contributed by atoms with Crippen molar-refractivity contribution in [2.45, 2.75) is 25.3 Å². The van der Waals surface area contributed by atoms with Crippen molar-refractivity contribution >= 4 is 33.4 Å². The molecule has 3 rings (SSSR count). The number of piperidine rings is 1. The highest BCUT2D eigenvalue weighted by atomic mass is 79.9. The van der Waals surface area contributed by atoms with E-state index in [9.17, 15) is 14.0 Å². The van der Waals surface area contributed by atoms with Crippen LogP contribution in [0.25, 0.3) is 0 Å². The summed E-state index contributed by atoms with van der Waals surface area (Å²) < 4.78 is 14.0. The Balaban J connectivity index is 1.96. The van der Waals surface area contributed by atoms with E-state index in [0.29, 0.717) is 23.1 Å². The van der Waals surface area contributed by atoms with Crippen molar-refractivity contribution in [3.05, 3.63) is 28.5 Å². The molecule has 2 heterocycles. The standard InChI is InChI=1S/C14H14BrFN2O2/c15-10-5-4-9(16)7-12(10)18-8-13(19)17-6-2-1-3-11(17)14(18)20/h4-5,7,11H,1-3,6,8H2. The molecule has 1 unspecified atom stereocenters. The van der Waals surface area contributed by atoms with Crippen molar-refractivity contribution in [3.8, 4) is 0 Å². The number of rotatable bonds is 1. The molecule has 2 fully saturated rings. The summed E-state index contributed by atoms with van der Waals surface area (Å²) in [6, 6.07) is 3.76. The topological polar surface area (TPSA) is 40.6 Å². The Hall–Kier alpha value is -1.43. The average Bonchev–Trinajstić information content (AvgIpc) is 2.46. The van der Waals surface area contributed by atoms with Gasteiger partial charge in [0.2, 0.25) is 11.8 Å². The quantitative estimate of drug-likeness (QED) is 0.787.